The van der Waals surface area contributed by atoms with Gasteiger partial charge in [0.2, 0.25) is 0 Å². The molecule has 1 saturated heterocycles. The van der Waals surface area contributed by atoms with Crippen LogP contribution in [0.2, 0.25) is 0 Å². The van der Waals surface area contributed by atoms with E-state index in [1.165, 1.54) is 6.42 Å². The van der Waals surface area contributed by atoms with Crippen LogP contribution >= 0.6 is 0 Å². The van der Waals surface area contributed by atoms with Gasteiger partial charge < -0.3 is 4.74 Å². The number of hydrogen-bond donors (Lipinski definition) is 0. The van der Waals surface area contributed by atoms with Crippen molar-refractivity contribution in [1.82, 2.24) is 9.78 Å². The smallest absolute Gasteiger partial charge is 0.168 e. The number of aryl methyl sites for hydroxylation is 1. The van der Waals surface area contributed by atoms with Gasteiger partial charge in [-0.05, 0) is 25.3 Å². The molecule has 0 N–H and O–H groups in total. The Kier molecular flexibility index (Phi) is 2.63. The molecule has 1 aromatic heterocycles. The van der Waals surface area contributed by atoms with Crippen molar-refractivity contribution in [2.24, 2.45) is 7.05 Å². The van der Waals surface area contributed by atoms with Crippen molar-refractivity contribution < 1.29 is 9.53 Å². The van der Waals surface area contributed by atoms with E-state index in [2.05, 4.69) is 5.10 Å². The lowest BCUT2D eigenvalue weighted by atomic mass is 10.1. The maximum absolute atomic E-state index is 10.6. The van der Waals surface area contributed by atoms with Gasteiger partial charge in [-0.2, -0.15) is 5.10 Å². The molecular weight excluding hydrogens is 180 g/mol. The van der Waals surface area contributed by atoms with E-state index in [0.717, 1.165) is 31.4 Å². The van der Waals surface area contributed by atoms with E-state index >= 15 is 0 Å². The van der Waals surface area contributed by atoms with Gasteiger partial charge >= 0.3 is 0 Å². The van der Waals surface area contributed by atoms with Crippen LogP contribution in [0.1, 0.15) is 41.5 Å². The van der Waals surface area contributed by atoms with Gasteiger partial charge in [-0.3, -0.25) is 9.48 Å². The van der Waals surface area contributed by atoms with Crippen molar-refractivity contribution >= 4 is 6.29 Å². The minimum atomic E-state index is 0.0867. The summed E-state index contributed by atoms with van der Waals surface area (Å²) in [5.41, 5.74) is 1.49. The van der Waals surface area contributed by atoms with Crippen LogP contribution in [0.3, 0.4) is 0 Å². The molecule has 0 aliphatic carbocycles. The highest BCUT2D eigenvalue weighted by molar-refractivity contribution is 5.72. The zero-order valence-corrected chi connectivity index (χ0v) is 8.27. The highest BCUT2D eigenvalue weighted by Gasteiger charge is 2.19. The number of ether oxygens (including phenoxy) is 1. The summed E-state index contributed by atoms with van der Waals surface area (Å²) < 4.78 is 7.18. The van der Waals surface area contributed by atoms with Crippen LogP contribution in [-0.4, -0.2) is 22.7 Å². The summed E-state index contributed by atoms with van der Waals surface area (Å²) >= 11 is 0. The summed E-state index contributed by atoms with van der Waals surface area (Å²) in [6, 6.07) is 1.81. The van der Waals surface area contributed by atoms with Gasteiger partial charge in [0, 0.05) is 13.7 Å². The molecule has 1 fully saturated rings. The highest BCUT2D eigenvalue weighted by Crippen LogP contribution is 2.26. The zero-order chi connectivity index (χ0) is 9.97. The van der Waals surface area contributed by atoms with Crippen LogP contribution in [0.25, 0.3) is 0 Å². The van der Waals surface area contributed by atoms with E-state index in [-0.39, 0.29) is 6.10 Å². The number of carbonyl (C=O) groups excluding carboxylic acids is 1. The van der Waals surface area contributed by atoms with E-state index < -0.39 is 0 Å². The van der Waals surface area contributed by atoms with Gasteiger partial charge in [-0.15, -0.1) is 0 Å². The fourth-order valence-corrected chi connectivity index (χ4v) is 1.75. The second-order valence-electron chi connectivity index (χ2n) is 3.59. The molecule has 0 bridgehead atoms. The lowest BCUT2D eigenvalue weighted by Crippen LogP contribution is -2.12. The SMILES string of the molecule is Cn1nc(C2CCCCO2)cc1C=O. The highest BCUT2D eigenvalue weighted by atomic mass is 16.5. The zero-order valence-electron chi connectivity index (χ0n) is 8.27. The van der Waals surface area contributed by atoms with E-state index in [9.17, 15) is 4.79 Å². The molecule has 0 saturated carbocycles. The topological polar surface area (TPSA) is 44.1 Å². The molecule has 0 aromatic carbocycles. The minimum Gasteiger partial charge on any atom is -0.372 e. The predicted molar refractivity (Wildman–Crippen MR) is 51.1 cm³/mol. The molecule has 76 valence electrons. The quantitative estimate of drug-likeness (QED) is 0.670. The summed E-state index contributed by atoms with van der Waals surface area (Å²) in [6.07, 6.45) is 4.22. The fraction of sp³-hybridized carbons (Fsp3) is 0.600. The van der Waals surface area contributed by atoms with E-state index in [1.54, 1.807) is 11.7 Å². The van der Waals surface area contributed by atoms with Crippen molar-refractivity contribution in [2.45, 2.75) is 25.4 Å². The number of rotatable bonds is 2. The van der Waals surface area contributed by atoms with E-state index in [4.69, 9.17) is 4.74 Å². The Morgan fingerprint density at radius 3 is 3.07 bits per heavy atom. The Morgan fingerprint density at radius 1 is 1.64 bits per heavy atom. The summed E-state index contributed by atoms with van der Waals surface area (Å²) in [4.78, 5) is 10.6. The standard InChI is InChI=1S/C10H14N2O2/c1-12-8(7-13)6-9(11-12)10-4-2-3-5-14-10/h6-7,10H,2-5H2,1H3. The minimum absolute atomic E-state index is 0.0867. The van der Waals surface area contributed by atoms with Gasteiger partial charge in [0.1, 0.15) is 11.8 Å². The molecule has 0 spiro atoms. The Morgan fingerprint density at radius 2 is 2.50 bits per heavy atom. The lowest BCUT2D eigenvalue weighted by Gasteiger charge is -2.20. The van der Waals surface area contributed by atoms with Crippen molar-refractivity contribution in [3.05, 3.63) is 17.5 Å². The van der Waals surface area contributed by atoms with Gasteiger partial charge in [0.15, 0.2) is 6.29 Å². The first-order valence-electron chi connectivity index (χ1n) is 4.92. The molecule has 1 aliphatic heterocycles. The molecule has 1 unspecified atom stereocenters. The molecule has 4 heteroatoms. The largest absolute Gasteiger partial charge is 0.372 e. The number of aldehydes is 1. The van der Waals surface area contributed by atoms with E-state index in [1.807, 2.05) is 6.07 Å². The maximum Gasteiger partial charge on any atom is 0.168 e. The van der Waals surface area contributed by atoms with Crippen molar-refractivity contribution in [3.63, 3.8) is 0 Å². The molecule has 14 heavy (non-hydrogen) atoms. The Bertz CT molecular complexity index is 327. The van der Waals surface area contributed by atoms with Crippen LogP contribution in [0.5, 0.6) is 0 Å². The Balaban J connectivity index is 2.18. The Hall–Kier alpha value is -1.16. The van der Waals surface area contributed by atoms with Gasteiger partial charge in [0.05, 0.1) is 5.69 Å². The van der Waals surface area contributed by atoms with Crippen LogP contribution in [0.15, 0.2) is 6.07 Å². The molecule has 2 heterocycles. The number of nitrogens with zero attached hydrogens (tertiary/aromatic N) is 2. The normalized spacial score (nSPS) is 22.2. The molecule has 1 atom stereocenters. The summed E-state index contributed by atoms with van der Waals surface area (Å²) in [7, 11) is 1.77. The number of hydrogen-bond acceptors (Lipinski definition) is 3. The second-order valence-corrected chi connectivity index (χ2v) is 3.59. The maximum atomic E-state index is 10.6. The molecule has 4 nitrogen and oxygen atoms in total. The molecule has 0 amide bonds. The third-order valence-electron chi connectivity index (χ3n) is 2.57. The third-order valence-corrected chi connectivity index (χ3v) is 2.57. The van der Waals surface area contributed by atoms with Crippen LogP contribution in [0.4, 0.5) is 0 Å². The van der Waals surface area contributed by atoms with Gasteiger partial charge in [-0.1, -0.05) is 0 Å². The number of aromatic nitrogens is 2. The first-order valence-corrected chi connectivity index (χ1v) is 4.92. The summed E-state index contributed by atoms with van der Waals surface area (Å²) in [5.74, 6) is 0. The fourth-order valence-electron chi connectivity index (χ4n) is 1.75. The summed E-state index contributed by atoms with van der Waals surface area (Å²) in [6.45, 7) is 0.803. The second kappa shape index (κ2) is 3.92. The first kappa shape index (κ1) is 9.40. The third kappa shape index (κ3) is 1.70. The first-order chi connectivity index (χ1) is 6.81. The van der Waals surface area contributed by atoms with Crippen molar-refractivity contribution in [2.75, 3.05) is 6.61 Å². The number of carbonyl (C=O) groups is 1. The van der Waals surface area contributed by atoms with Crippen molar-refractivity contribution in [3.8, 4) is 0 Å². The van der Waals surface area contributed by atoms with Crippen LogP contribution < -0.4 is 0 Å². The molecular formula is C10H14N2O2. The average Bonchev–Trinajstić information content (AvgIpc) is 2.61. The molecule has 2 rings (SSSR count). The molecule has 0 radical (unpaired) electrons. The predicted octanol–water partition coefficient (Wildman–Crippen LogP) is 1.47. The van der Waals surface area contributed by atoms with Crippen LogP contribution in [-0.2, 0) is 11.8 Å². The van der Waals surface area contributed by atoms with Crippen molar-refractivity contribution in [1.29, 1.82) is 0 Å². The average molecular weight is 194 g/mol. The van der Waals surface area contributed by atoms with E-state index in [0.29, 0.717) is 5.69 Å². The van der Waals surface area contributed by atoms with Gasteiger partial charge in [-0.25, -0.2) is 0 Å². The Labute approximate surface area is 82.9 Å². The van der Waals surface area contributed by atoms with Gasteiger partial charge in [0.25, 0.3) is 0 Å². The van der Waals surface area contributed by atoms with Crippen LogP contribution in [0, 0.1) is 0 Å². The molecule has 1 aliphatic rings. The lowest BCUT2D eigenvalue weighted by molar-refractivity contribution is 0.0120. The summed E-state index contributed by atoms with van der Waals surface area (Å²) in [5, 5.41) is 4.27. The molecule has 1 aromatic rings. The monoisotopic (exact) mass is 194 g/mol.